The summed E-state index contributed by atoms with van der Waals surface area (Å²) in [5.74, 6) is -1.47. The van der Waals surface area contributed by atoms with Crippen LogP contribution in [0.25, 0.3) is 0 Å². The van der Waals surface area contributed by atoms with Crippen molar-refractivity contribution in [2.24, 2.45) is 5.92 Å². The lowest BCUT2D eigenvalue weighted by molar-refractivity contribution is -0.148. The Hall–Kier alpha value is -2.54. The van der Waals surface area contributed by atoms with Gasteiger partial charge in [0.15, 0.2) is 6.61 Å². The van der Waals surface area contributed by atoms with Gasteiger partial charge in [-0.15, -0.1) is 11.3 Å². The lowest BCUT2D eigenvalue weighted by Gasteiger charge is -2.31. The number of hydrogen-bond donors (Lipinski definition) is 0. The first-order valence-corrected chi connectivity index (χ1v) is 10.1. The molecule has 148 valence electrons. The number of nitrogens with zero attached hydrogens (tertiary/aromatic N) is 1. The molecule has 0 bridgehead atoms. The molecular formula is C21H22FNO4S. The van der Waals surface area contributed by atoms with Gasteiger partial charge < -0.3 is 9.64 Å². The molecule has 1 amide bonds. The summed E-state index contributed by atoms with van der Waals surface area (Å²) in [6.07, 6.45) is 1.84. The van der Waals surface area contributed by atoms with Crippen LogP contribution in [-0.2, 0) is 16.0 Å². The smallest absolute Gasteiger partial charge is 0.309 e. The van der Waals surface area contributed by atoms with Crippen LogP contribution in [0.3, 0.4) is 0 Å². The van der Waals surface area contributed by atoms with Gasteiger partial charge in [-0.2, -0.15) is 0 Å². The molecule has 0 aliphatic carbocycles. The standard InChI is InChI=1S/C21H22FNO4S/c1-2-17-7-8-19(28-17)18(24)13-27-21(26)15-9-11-23(12-10-15)20(25)14-3-5-16(22)6-4-14/h3-8,15H,2,9-13H2,1H3. The van der Waals surface area contributed by atoms with Crippen molar-refractivity contribution in [3.8, 4) is 0 Å². The first-order valence-electron chi connectivity index (χ1n) is 9.31. The molecule has 0 spiro atoms. The highest BCUT2D eigenvalue weighted by molar-refractivity contribution is 7.14. The highest BCUT2D eigenvalue weighted by Gasteiger charge is 2.29. The number of thiophene rings is 1. The van der Waals surface area contributed by atoms with Crippen LogP contribution >= 0.6 is 11.3 Å². The Morgan fingerprint density at radius 3 is 2.39 bits per heavy atom. The number of rotatable bonds is 6. The molecule has 0 atom stereocenters. The maximum atomic E-state index is 13.0. The molecule has 5 nitrogen and oxygen atoms in total. The molecule has 1 aromatic heterocycles. The first-order chi connectivity index (χ1) is 13.5. The van der Waals surface area contributed by atoms with E-state index in [0.717, 1.165) is 11.3 Å². The summed E-state index contributed by atoms with van der Waals surface area (Å²) in [7, 11) is 0. The number of likely N-dealkylation sites (tertiary alicyclic amines) is 1. The van der Waals surface area contributed by atoms with Gasteiger partial charge in [0.05, 0.1) is 10.8 Å². The molecule has 1 fully saturated rings. The van der Waals surface area contributed by atoms with Crippen LogP contribution in [0.2, 0.25) is 0 Å². The van der Waals surface area contributed by atoms with Gasteiger partial charge in [-0.25, -0.2) is 4.39 Å². The van der Waals surface area contributed by atoms with Crippen LogP contribution in [0.15, 0.2) is 36.4 Å². The van der Waals surface area contributed by atoms with Crippen molar-refractivity contribution in [1.29, 1.82) is 0 Å². The number of carbonyl (C=O) groups excluding carboxylic acids is 3. The highest BCUT2D eigenvalue weighted by atomic mass is 32.1. The minimum absolute atomic E-state index is 0.175. The third-order valence-corrected chi connectivity index (χ3v) is 6.11. The largest absolute Gasteiger partial charge is 0.457 e. The van der Waals surface area contributed by atoms with Gasteiger partial charge in [0.25, 0.3) is 5.91 Å². The maximum absolute atomic E-state index is 13.0. The average molecular weight is 403 g/mol. The lowest BCUT2D eigenvalue weighted by Crippen LogP contribution is -2.40. The third-order valence-electron chi connectivity index (χ3n) is 4.84. The Morgan fingerprint density at radius 1 is 1.11 bits per heavy atom. The van der Waals surface area contributed by atoms with Gasteiger partial charge in [0.2, 0.25) is 5.78 Å². The SMILES string of the molecule is CCc1ccc(C(=O)COC(=O)C2CCN(C(=O)c3ccc(F)cc3)CC2)s1. The summed E-state index contributed by atoms with van der Waals surface area (Å²) in [4.78, 5) is 40.2. The first kappa shape index (κ1) is 20.2. The van der Waals surface area contributed by atoms with Gasteiger partial charge in [0, 0.05) is 23.5 Å². The fourth-order valence-corrected chi connectivity index (χ4v) is 4.01. The quantitative estimate of drug-likeness (QED) is 0.545. The molecule has 2 aromatic rings. The number of piperidine rings is 1. The van der Waals surface area contributed by atoms with Gasteiger partial charge in [-0.05, 0) is 55.7 Å². The van der Waals surface area contributed by atoms with Crippen molar-refractivity contribution in [3.63, 3.8) is 0 Å². The summed E-state index contributed by atoms with van der Waals surface area (Å²) in [6.45, 7) is 2.62. The Balaban J connectivity index is 1.46. The van der Waals surface area contributed by atoms with E-state index in [1.807, 2.05) is 13.0 Å². The fraction of sp³-hybridized carbons (Fsp3) is 0.381. The minimum atomic E-state index is -0.394. The van der Waals surface area contributed by atoms with Gasteiger partial charge in [-0.1, -0.05) is 6.92 Å². The van der Waals surface area contributed by atoms with Crippen LogP contribution < -0.4 is 0 Å². The second-order valence-electron chi connectivity index (χ2n) is 6.72. The van der Waals surface area contributed by atoms with Gasteiger partial charge in [0.1, 0.15) is 5.82 Å². The molecule has 28 heavy (non-hydrogen) atoms. The van der Waals surface area contributed by atoms with Crippen LogP contribution in [0.1, 0.15) is 44.7 Å². The topological polar surface area (TPSA) is 63.7 Å². The summed E-state index contributed by atoms with van der Waals surface area (Å²) in [6, 6.07) is 9.10. The lowest BCUT2D eigenvalue weighted by atomic mass is 9.96. The predicted molar refractivity (Wildman–Crippen MR) is 104 cm³/mol. The van der Waals surface area contributed by atoms with Gasteiger partial charge in [-0.3, -0.25) is 14.4 Å². The second-order valence-corrected chi connectivity index (χ2v) is 7.89. The zero-order chi connectivity index (χ0) is 20.1. The Bertz CT molecular complexity index is 854. The van der Waals surface area contributed by atoms with Crippen LogP contribution in [0, 0.1) is 11.7 Å². The van der Waals surface area contributed by atoms with E-state index in [4.69, 9.17) is 4.74 Å². The van der Waals surface area contributed by atoms with E-state index >= 15 is 0 Å². The van der Waals surface area contributed by atoms with Crippen molar-refractivity contribution in [2.75, 3.05) is 19.7 Å². The summed E-state index contributed by atoms with van der Waals surface area (Å²) < 4.78 is 18.2. The van der Waals surface area contributed by atoms with E-state index in [-0.39, 0.29) is 30.0 Å². The number of Topliss-reactive ketones (excluding diaryl/α,β-unsaturated/α-hetero) is 1. The molecule has 0 N–H and O–H groups in total. The maximum Gasteiger partial charge on any atom is 0.309 e. The number of halogens is 1. The highest BCUT2D eigenvalue weighted by Crippen LogP contribution is 2.21. The van der Waals surface area contributed by atoms with Crippen LogP contribution in [0.4, 0.5) is 4.39 Å². The number of aryl methyl sites for hydroxylation is 1. The van der Waals surface area contributed by atoms with Crippen molar-refractivity contribution in [3.05, 3.63) is 57.5 Å². The second kappa shape index (κ2) is 9.10. The van der Waals surface area contributed by atoms with Crippen molar-refractivity contribution in [2.45, 2.75) is 26.2 Å². The summed E-state index contributed by atoms with van der Waals surface area (Å²) in [5.41, 5.74) is 0.426. The molecule has 0 saturated carbocycles. The monoisotopic (exact) mass is 403 g/mol. The molecule has 1 aliphatic heterocycles. The molecule has 7 heteroatoms. The number of hydrogen-bond acceptors (Lipinski definition) is 5. The molecule has 0 radical (unpaired) electrons. The van der Waals surface area contributed by atoms with E-state index < -0.39 is 5.97 Å². The third kappa shape index (κ3) is 4.84. The molecule has 0 unspecified atom stereocenters. The molecule has 1 aliphatic rings. The van der Waals surface area contributed by atoms with E-state index in [1.165, 1.54) is 35.6 Å². The average Bonchev–Trinajstić information content (AvgIpc) is 3.21. The van der Waals surface area contributed by atoms with Gasteiger partial charge >= 0.3 is 5.97 Å². The molecule has 3 rings (SSSR count). The zero-order valence-electron chi connectivity index (χ0n) is 15.7. The number of ether oxygens (including phenoxy) is 1. The molecular weight excluding hydrogens is 381 g/mol. The van der Waals surface area contributed by atoms with E-state index in [1.54, 1.807) is 11.0 Å². The van der Waals surface area contributed by atoms with E-state index in [2.05, 4.69) is 0 Å². The van der Waals surface area contributed by atoms with Crippen molar-refractivity contribution < 1.29 is 23.5 Å². The number of amides is 1. The van der Waals surface area contributed by atoms with Crippen molar-refractivity contribution in [1.82, 2.24) is 4.90 Å². The minimum Gasteiger partial charge on any atom is -0.457 e. The molecule has 1 saturated heterocycles. The number of ketones is 1. The number of benzene rings is 1. The summed E-state index contributed by atoms with van der Waals surface area (Å²) >= 11 is 1.42. The normalized spacial score (nSPS) is 14.7. The van der Waals surface area contributed by atoms with Crippen molar-refractivity contribution >= 4 is 29.0 Å². The number of esters is 1. The number of carbonyl (C=O) groups is 3. The fourth-order valence-electron chi connectivity index (χ4n) is 3.14. The van der Waals surface area contributed by atoms with E-state index in [0.29, 0.717) is 36.4 Å². The molecule has 2 heterocycles. The predicted octanol–water partition coefficient (Wildman–Crippen LogP) is 3.73. The van der Waals surface area contributed by atoms with E-state index in [9.17, 15) is 18.8 Å². The Kier molecular flexibility index (Phi) is 6.57. The van der Waals surface area contributed by atoms with Crippen LogP contribution in [-0.4, -0.2) is 42.3 Å². The zero-order valence-corrected chi connectivity index (χ0v) is 16.5. The Morgan fingerprint density at radius 2 is 1.79 bits per heavy atom. The molecule has 1 aromatic carbocycles. The summed E-state index contributed by atoms with van der Waals surface area (Å²) in [5, 5.41) is 0. The Labute approximate surface area is 167 Å². The van der Waals surface area contributed by atoms with Crippen LogP contribution in [0.5, 0.6) is 0 Å².